The Hall–Kier alpha value is -1.85. The molecule has 28 heavy (non-hydrogen) atoms. The highest BCUT2D eigenvalue weighted by Crippen LogP contribution is 2.28. The van der Waals surface area contributed by atoms with Crippen LogP contribution in [0.4, 0.5) is 0 Å². The highest BCUT2D eigenvalue weighted by Gasteiger charge is 2.31. The van der Waals surface area contributed by atoms with Gasteiger partial charge in [-0.2, -0.15) is 0 Å². The van der Waals surface area contributed by atoms with E-state index in [9.17, 15) is 4.79 Å². The summed E-state index contributed by atoms with van der Waals surface area (Å²) >= 11 is 0. The van der Waals surface area contributed by atoms with Gasteiger partial charge in [0.2, 0.25) is 0 Å². The summed E-state index contributed by atoms with van der Waals surface area (Å²) in [4.78, 5) is 16.7. The Morgan fingerprint density at radius 2 is 1.96 bits per heavy atom. The van der Waals surface area contributed by atoms with Gasteiger partial charge in [-0.3, -0.25) is 9.69 Å². The first kappa shape index (κ1) is 22.4. The Kier molecular flexibility index (Phi) is 9.51. The molecule has 2 rings (SSSR count). The van der Waals surface area contributed by atoms with E-state index in [1.165, 1.54) is 5.57 Å². The molecule has 0 aromatic rings. The minimum atomic E-state index is 0.121. The molecule has 2 aliphatic rings. The highest BCUT2D eigenvalue weighted by atomic mass is 16.5. The van der Waals surface area contributed by atoms with Crippen LogP contribution in [0.1, 0.15) is 40.5 Å². The van der Waals surface area contributed by atoms with Gasteiger partial charge in [0.15, 0.2) is 0 Å². The third kappa shape index (κ3) is 6.08. The van der Waals surface area contributed by atoms with Crippen LogP contribution in [0, 0.1) is 0 Å². The van der Waals surface area contributed by atoms with E-state index in [0.29, 0.717) is 13.2 Å². The molecule has 5 nitrogen and oxygen atoms in total. The molecule has 0 unspecified atom stereocenters. The number of likely N-dealkylation sites (N-methyl/N-ethyl adjacent to an activating group) is 1. The van der Waals surface area contributed by atoms with Crippen LogP contribution in [-0.4, -0.2) is 68.3 Å². The smallest absolute Gasteiger partial charge is 0.254 e. The van der Waals surface area contributed by atoms with Crippen molar-refractivity contribution >= 4 is 5.91 Å². The fourth-order valence-corrected chi connectivity index (χ4v) is 3.58. The lowest BCUT2D eigenvalue weighted by atomic mass is 10.1. The molecule has 0 bridgehead atoms. The molecule has 0 saturated carbocycles. The van der Waals surface area contributed by atoms with Gasteiger partial charge in [0, 0.05) is 43.7 Å². The molecule has 0 atom stereocenters. The molecule has 5 heteroatoms. The summed E-state index contributed by atoms with van der Waals surface area (Å²) in [5.41, 5.74) is 3.19. The van der Waals surface area contributed by atoms with Crippen molar-refractivity contribution in [3.05, 3.63) is 46.8 Å². The highest BCUT2D eigenvalue weighted by molar-refractivity contribution is 6.01. The van der Waals surface area contributed by atoms with Crippen molar-refractivity contribution in [1.82, 2.24) is 9.80 Å². The van der Waals surface area contributed by atoms with Gasteiger partial charge in [0.1, 0.15) is 5.76 Å². The van der Waals surface area contributed by atoms with E-state index in [4.69, 9.17) is 9.47 Å². The van der Waals surface area contributed by atoms with Crippen LogP contribution >= 0.6 is 0 Å². The summed E-state index contributed by atoms with van der Waals surface area (Å²) in [6, 6.07) is 0. The fraction of sp³-hybridized carbons (Fsp3) is 0.609. The van der Waals surface area contributed by atoms with Crippen molar-refractivity contribution in [2.75, 3.05) is 52.5 Å². The van der Waals surface area contributed by atoms with Crippen molar-refractivity contribution in [2.24, 2.45) is 0 Å². The molecular formula is C23H36N2O3. The van der Waals surface area contributed by atoms with Crippen LogP contribution < -0.4 is 0 Å². The summed E-state index contributed by atoms with van der Waals surface area (Å²) in [5.74, 6) is 1.07. The van der Waals surface area contributed by atoms with Gasteiger partial charge in [-0.25, -0.2) is 0 Å². The number of likely N-dealkylation sites (tertiary alicyclic amines) is 1. The minimum absolute atomic E-state index is 0.121. The monoisotopic (exact) mass is 388 g/mol. The topological polar surface area (TPSA) is 42.0 Å². The van der Waals surface area contributed by atoms with Crippen LogP contribution in [0.15, 0.2) is 46.8 Å². The number of rotatable bonds is 9. The lowest BCUT2D eigenvalue weighted by Crippen LogP contribution is -2.37. The molecule has 2 aliphatic heterocycles. The van der Waals surface area contributed by atoms with E-state index < -0.39 is 0 Å². The number of ether oxygens (including phenoxy) is 2. The number of carbonyl (C=O) groups is 1. The molecule has 2 fully saturated rings. The van der Waals surface area contributed by atoms with Crippen LogP contribution in [0.5, 0.6) is 0 Å². The van der Waals surface area contributed by atoms with E-state index in [2.05, 4.69) is 37.0 Å². The van der Waals surface area contributed by atoms with Gasteiger partial charge in [0.25, 0.3) is 5.91 Å². The Labute approximate surface area is 170 Å². The predicted octanol–water partition coefficient (Wildman–Crippen LogP) is 3.70. The van der Waals surface area contributed by atoms with Gasteiger partial charge < -0.3 is 14.4 Å². The van der Waals surface area contributed by atoms with Crippen molar-refractivity contribution in [2.45, 2.75) is 40.5 Å². The third-order valence-corrected chi connectivity index (χ3v) is 5.29. The molecule has 0 aliphatic carbocycles. The molecule has 0 spiro atoms. The second-order valence-corrected chi connectivity index (χ2v) is 7.07. The first-order valence-electron chi connectivity index (χ1n) is 10.6. The van der Waals surface area contributed by atoms with Crippen LogP contribution in [-0.2, 0) is 14.3 Å². The van der Waals surface area contributed by atoms with E-state index in [-0.39, 0.29) is 5.91 Å². The van der Waals surface area contributed by atoms with Gasteiger partial charge in [-0.15, -0.1) is 0 Å². The van der Waals surface area contributed by atoms with Crippen LogP contribution in [0.3, 0.4) is 0 Å². The molecule has 0 aromatic heterocycles. The zero-order valence-electron chi connectivity index (χ0n) is 18.0. The average molecular weight is 389 g/mol. The second kappa shape index (κ2) is 11.9. The summed E-state index contributed by atoms with van der Waals surface area (Å²) in [5, 5.41) is 0. The largest absolute Gasteiger partial charge is 0.497 e. The molecule has 2 heterocycles. The maximum absolute atomic E-state index is 12.4. The number of amides is 1. The SMILES string of the molecule is C/C=C(\C=C/CCO/C(CC)=C1\CN(CC)C(=O)\C1=C\C)CN1CCOCC1. The predicted molar refractivity (Wildman–Crippen MR) is 114 cm³/mol. The van der Waals surface area contributed by atoms with E-state index in [1.807, 2.05) is 24.8 Å². The first-order valence-corrected chi connectivity index (χ1v) is 10.6. The normalized spacial score (nSPS) is 22.6. The lowest BCUT2D eigenvalue weighted by molar-refractivity contribution is -0.124. The molecule has 156 valence electrons. The maximum Gasteiger partial charge on any atom is 0.254 e. The number of hydrogen-bond donors (Lipinski definition) is 0. The minimum Gasteiger partial charge on any atom is -0.497 e. The molecule has 0 radical (unpaired) electrons. The summed E-state index contributed by atoms with van der Waals surface area (Å²) in [6.45, 7) is 14.8. The van der Waals surface area contributed by atoms with E-state index in [1.54, 1.807) is 0 Å². The quantitative estimate of drug-likeness (QED) is 0.261. The second-order valence-electron chi connectivity index (χ2n) is 7.07. The Bertz CT molecular complexity index is 640. The number of carbonyl (C=O) groups excluding carboxylic acids is 1. The zero-order valence-corrected chi connectivity index (χ0v) is 18.0. The summed E-state index contributed by atoms with van der Waals surface area (Å²) in [6.07, 6.45) is 10.1. The Morgan fingerprint density at radius 3 is 2.57 bits per heavy atom. The average Bonchev–Trinajstić information content (AvgIpc) is 3.05. The summed E-state index contributed by atoms with van der Waals surface area (Å²) < 4.78 is 11.5. The Balaban J connectivity index is 1.86. The molecule has 0 aromatic carbocycles. The lowest BCUT2D eigenvalue weighted by Gasteiger charge is -2.26. The van der Waals surface area contributed by atoms with Gasteiger partial charge in [0.05, 0.1) is 26.4 Å². The van der Waals surface area contributed by atoms with E-state index >= 15 is 0 Å². The zero-order chi connectivity index (χ0) is 20.4. The molecular weight excluding hydrogens is 352 g/mol. The van der Waals surface area contributed by atoms with Crippen molar-refractivity contribution in [3.8, 4) is 0 Å². The van der Waals surface area contributed by atoms with Crippen LogP contribution in [0.25, 0.3) is 0 Å². The standard InChI is InChI=1S/C23H36N2O3/c1-5-19(17-24-12-15-27-16-13-24)11-9-10-14-28-22(7-3)21-18-25(8-4)23(26)20(21)6-2/h5-6,9,11H,7-8,10,12-18H2,1-4H3/b11-9-,19-5+,20-6+,22-21+. The molecule has 0 N–H and O–H groups in total. The number of nitrogens with zero attached hydrogens (tertiary/aromatic N) is 2. The van der Waals surface area contributed by atoms with E-state index in [0.717, 1.165) is 69.1 Å². The Morgan fingerprint density at radius 1 is 1.21 bits per heavy atom. The van der Waals surface area contributed by atoms with Crippen molar-refractivity contribution in [1.29, 1.82) is 0 Å². The van der Waals surface area contributed by atoms with Crippen molar-refractivity contribution in [3.63, 3.8) is 0 Å². The van der Waals surface area contributed by atoms with Gasteiger partial charge >= 0.3 is 0 Å². The maximum atomic E-state index is 12.4. The fourth-order valence-electron chi connectivity index (χ4n) is 3.58. The third-order valence-electron chi connectivity index (χ3n) is 5.29. The summed E-state index contributed by atoms with van der Waals surface area (Å²) in [7, 11) is 0. The number of allylic oxidation sites excluding steroid dienone is 3. The number of hydrogen-bond acceptors (Lipinski definition) is 4. The van der Waals surface area contributed by atoms with Crippen LogP contribution in [0.2, 0.25) is 0 Å². The molecule has 2 saturated heterocycles. The van der Waals surface area contributed by atoms with Gasteiger partial charge in [-0.1, -0.05) is 31.2 Å². The first-order chi connectivity index (χ1) is 13.6. The number of morpholine rings is 1. The van der Waals surface area contributed by atoms with Crippen molar-refractivity contribution < 1.29 is 14.3 Å². The molecule has 1 amide bonds. The van der Waals surface area contributed by atoms with Gasteiger partial charge in [-0.05, 0) is 32.8 Å².